The lowest BCUT2D eigenvalue weighted by atomic mass is 9.88. The molecule has 3 aromatic rings. The van der Waals surface area contributed by atoms with Crippen LogP contribution in [0.1, 0.15) is 36.1 Å². The van der Waals surface area contributed by atoms with E-state index in [0.717, 1.165) is 52.5 Å². The van der Waals surface area contributed by atoms with Crippen LogP contribution in [0.15, 0.2) is 48.4 Å². The van der Waals surface area contributed by atoms with Crippen LogP contribution in [-0.4, -0.2) is 27.8 Å². The zero-order valence-electron chi connectivity index (χ0n) is 18.5. The fraction of sp³-hybridized carbons (Fsp3) is 0.360. The van der Waals surface area contributed by atoms with Gasteiger partial charge < -0.3 is 20.6 Å². The molecule has 0 spiro atoms. The van der Waals surface area contributed by atoms with Crippen molar-refractivity contribution in [1.82, 2.24) is 9.99 Å². The van der Waals surface area contributed by atoms with E-state index < -0.39 is 5.60 Å². The van der Waals surface area contributed by atoms with Crippen molar-refractivity contribution in [2.75, 3.05) is 7.11 Å². The van der Waals surface area contributed by atoms with Gasteiger partial charge in [-0.2, -0.15) is 5.26 Å². The Morgan fingerprint density at radius 3 is 2.61 bits per heavy atom. The number of ether oxygens (including phenoxy) is 1. The summed E-state index contributed by atoms with van der Waals surface area (Å²) in [6, 6.07) is 12.1. The second-order valence-electron chi connectivity index (χ2n) is 8.97. The highest BCUT2D eigenvalue weighted by molar-refractivity contribution is 7.20. The third-order valence-corrected chi connectivity index (χ3v) is 7.68. The van der Waals surface area contributed by atoms with Gasteiger partial charge in [0.2, 0.25) is 5.88 Å². The number of methoxy groups -OCH3 is 1. The number of hydrazine groups is 1. The van der Waals surface area contributed by atoms with Gasteiger partial charge in [-0.15, -0.1) is 11.3 Å². The third kappa shape index (κ3) is 4.04. The molecule has 7 nitrogen and oxygen atoms in total. The van der Waals surface area contributed by atoms with Crippen LogP contribution in [0.4, 0.5) is 0 Å². The molecule has 2 heterocycles. The van der Waals surface area contributed by atoms with Gasteiger partial charge in [0, 0.05) is 39.7 Å². The molecule has 33 heavy (non-hydrogen) atoms. The van der Waals surface area contributed by atoms with Crippen LogP contribution >= 0.6 is 11.3 Å². The number of pyridine rings is 1. The Morgan fingerprint density at radius 2 is 2.03 bits per heavy atom. The Morgan fingerprint density at radius 1 is 1.30 bits per heavy atom. The SMILES string of the molecule is COc1ccc(-c2c(C#N)sc3cc(CN(N)/C=C(\N)C(O)(C4CC4)C4CC4)ccc23)cn1. The van der Waals surface area contributed by atoms with E-state index in [4.69, 9.17) is 16.3 Å². The minimum Gasteiger partial charge on any atom is -0.481 e. The molecule has 2 aliphatic carbocycles. The monoisotopic (exact) mass is 461 g/mol. The smallest absolute Gasteiger partial charge is 0.212 e. The lowest BCUT2D eigenvalue weighted by Crippen LogP contribution is -2.42. The number of rotatable bonds is 8. The molecule has 170 valence electrons. The average molecular weight is 462 g/mol. The van der Waals surface area contributed by atoms with Gasteiger partial charge in [-0.3, -0.25) is 0 Å². The first-order valence-corrected chi connectivity index (χ1v) is 11.9. The molecule has 5 N–H and O–H groups in total. The van der Waals surface area contributed by atoms with E-state index >= 15 is 0 Å². The molecule has 1 aromatic carbocycles. The predicted molar refractivity (Wildman–Crippen MR) is 129 cm³/mol. The van der Waals surface area contributed by atoms with Gasteiger partial charge in [0.25, 0.3) is 0 Å². The number of hydrogen-bond acceptors (Lipinski definition) is 8. The van der Waals surface area contributed by atoms with Crippen molar-refractivity contribution in [2.45, 2.75) is 37.8 Å². The third-order valence-electron chi connectivity index (χ3n) is 6.62. The number of hydrogen-bond donors (Lipinski definition) is 3. The van der Waals surface area contributed by atoms with Crippen molar-refractivity contribution in [2.24, 2.45) is 23.4 Å². The number of nitrogens with two attached hydrogens (primary N) is 2. The van der Waals surface area contributed by atoms with Crippen molar-refractivity contribution in [1.29, 1.82) is 5.26 Å². The maximum atomic E-state index is 11.2. The quantitative estimate of drug-likeness (QED) is 0.344. The summed E-state index contributed by atoms with van der Waals surface area (Å²) >= 11 is 1.45. The second kappa shape index (κ2) is 8.34. The summed E-state index contributed by atoms with van der Waals surface area (Å²) in [4.78, 5) is 4.92. The van der Waals surface area contributed by atoms with Gasteiger partial charge in [-0.25, -0.2) is 10.8 Å². The molecule has 5 rings (SSSR count). The van der Waals surface area contributed by atoms with E-state index in [0.29, 0.717) is 23.0 Å². The summed E-state index contributed by atoms with van der Waals surface area (Å²) in [5.74, 6) is 7.31. The summed E-state index contributed by atoms with van der Waals surface area (Å²) in [6.07, 6.45) is 7.50. The van der Waals surface area contributed by atoms with Crippen LogP contribution in [-0.2, 0) is 6.54 Å². The van der Waals surface area contributed by atoms with Crippen LogP contribution in [0.3, 0.4) is 0 Å². The molecule has 0 unspecified atom stereocenters. The highest BCUT2D eigenvalue weighted by Crippen LogP contribution is 2.54. The number of aromatic nitrogens is 1. The van der Waals surface area contributed by atoms with Crippen LogP contribution in [0, 0.1) is 23.2 Å². The van der Waals surface area contributed by atoms with Crippen molar-refractivity contribution in [3.05, 3.63) is 58.9 Å². The number of nitrogens with zero attached hydrogens (tertiary/aromatic N) is 3. The molecule has 2 saturated carbocycles. The second-order valence-corrected chi connectivity index (χ2v) is 10.0. The van der Waals surface area contributed by atoms with Gasteiger partial charge in [-0.1, -0.05) is 12.1 Å². The van der Waals surface area contributed by atoms with Crippen LogP contribution in [0.25, 0.3) is 21.2 Å². The zero-order chi connectivity index (χ0) is 23.2. The molecule has 0 atom stereocenters. The lowest BCUT2D eigenvalue weighted by molar-refractivity contribution is 0.0288. The molecule has 0 radical (unpaired) electrons. The van der Waals surface area contributed by atoms with E-state index in [2.05, 4.69) is 17.1 Å². The summed E-state index contributed by atoms with van der Waals surface area (Å²) < 4.78 is 6.15. The first-order valence-electron chi connectivity index (χ1n) is 11.1. The van der Waals surface area contributed by atoms with E-state index in [-0.39, 0.29) is 11.8 Å². The van der Waals surface area contributed by atoms with Gasteiger partial charge in [-0.05, 0) is 55.2 Å². The molecule has 8 heteroatoms. The molecule has 0 aliphatic heterocycles. The summed E-state index contributed by atoms with van der Waals surface area (Å²) in [6.45, 7) is 0.446. The van der Waals surface area contributed by atoms with Crippen LogP contribution in [0.2, 0.25) is 0 Å². The Labute approximate surface area is 196 Å². The van der Waals surface area contributed by atoms with Crippen LogP contribution in [0.5, 0.6) is 5.88 Å². The fourth-order valence-electron chi connectivity index (χ4n) is 4.64. The largest absolute Gasteiger partial charge is 0.481 e. The molecule has 0 saturated heterocycles. The molecular formula is C25H27N5O2S. The number of thiophene rings is 1. The van der Waals surface area contributed by atoms with E-state index in [9.17, 15) is 10.4 Å². The molecule has 2 aromatic heterocycles. The minimum atomic E-state index is -0.918. The maximum Gasteiger partial charge on any atom is 0.212 e. The standard InChI is InChI=1S/C25H27N5O2S/c1-32-23-9-3-16(12-29-23)24-19-8-2-15(10-20(19)33-21(24)11-26)13-30(28)14-22(27)25(31,17-4-5-17)18-6-7-18/h2-3,8-10,12,14,17-18,31H,4-7,13,27-28H2,1H3/b22-14-. The highest BCUT2D eigenvalue weighted by Gasteiger charge is 2.55. The van der Waals surface area contributed by atoms with Crippen LogP contribution < -0.4 is 16.3 Å². The van der Waals surface area contributed by atoms with Crippen molar-refractivity contribution >= 4 is 21.4 Å². The predicted octanol–water partition coefficient (Wildman–Crippen LogP) is 3.87. The average Bonchev–Trinajstić information content (AvgIpc) is 3.73. The molecule has 0 bridgehead atoms. The number of nitriles is 1. The molecule has 2 aliphatic rings. The summed E-state index contributed by atoms with van der Waals surface area (Å²) in [7, 11) is 1.58. The molecule has 0 amide bonds. The summed E-state index contributed by atoms with van der Waals surface area (Å²) in [5.41, 5.74) is 8.65. The number of aliphatic hydroxyl groups is 1. The van der Waals surface area contributed by atoms with Gasteiger partial charge >= 0.3 is 0 Å². The topological polar surface area (TPSA) is 121 Å². The molecule has 2 fully saturated rings. The highest BCUT2D eigenvalue weighted by atomic mass is 32.1. The summed E-state index contributed by atoms with van der Waals surface area (Å²) in [5, 5.41) is 23.5. The first kappa shape index (κ1) is 21.7. The van der Waals surface area contributed by atoms with Gasteiger partial charge in [0.05, 0.1) is 19.4 Å². The first-order chi connectivity index (χ1) is 15.9. The van der Waals surface area contributed by atoms with Crippen molar-refractivity contribution < 1.29 is 9.84 Å². The van der Waals surface area contributed by atoms with E-state index in [1.165, 1.54) is 11.3 Å². The Bertz CT molecular complexity index is 1240. The van der Waals surface area contributed by atoms with Gasteiger partial charge in [0.15, 0.2) is 0 Å². The Kier molecular flexibility index (Phi) is 5.49. The Balaban J connectivity index is 1.40. The van der Waals surface area contributed by atoms with Gasteiger partial charge in [0.1, 0.15) is 16.5 Å². The van der Waals surface area contributed by atoms with Crippen molar-refractivity contribution in [3.8, 4) is 23.1 Å². The number of benzene rings is 1. The normalized spacial score (nSPS) is 16.6. The van der Waals surface area contributed by atoms with E-state index in [1.807, 2.05) is 18.2 Å². The molecular weight excluding hydrogens is 434 g/mol. The fourth-order valence-corrected chi connectivity index (χ4v) is 5.73. The lowest BCUT2D eigenvalue weighted by Gasteiger charge is -2.30. The van der Waals surface area contributed by atoms with E-state index in [1.54, 1.807) is 30.6 Å². The minimum absolute atomic E-state index is 0.257. The Hall–Kier alpha value is -3.12. The zero-order valence-corrected chi connectivity index (χ0v) is 19.3. The number of fused-ring (bicyclic) bond motifs is 1. The van der Waals surface area contributed by atoms with Crippen molar-refractivity contribution in [3.63, 3.8) is 0 Å². The maximum absolute atomic E-state index is 11.2.